The van der Waals surface area contributed by atoms with Crippen molar-refractivity contribution in [3.63, 3.8) is 0 Å². The van der Waals surface area contributed by atoms with E-state index in [9.17, 15) is 4.79 Å². The number of rotatable bonds is 6. The van der Waals surface area contributed by atoms with E-state index in [0.717, 1.165) is 12.0 Å². The Morgan fingerprint density at radius 2 is 1.88 bits per heavy atom. The lowest BCUT2D eigenvalue weighted by Crippen LogP contribution is -2.33. The van der Waals surface area contributed by atoms with Crippen LogP contribution in [0.4, 0.5) is 0 Å². The summed E-state index contributed by atoms with van der Waals surface area (Å²) < 4.78 is 0. The van der Waals surface area contributed by atoms with E-state index in [1.807, 2.05) is 42.5 Å². The topological polar surface area (TPSA) is 72.7 Å². The average molecular weight is 356 g/mol. The number of aromatic nitrogens is 4. The second kappa shape index (κ2) is 7.90. The molecular formula is C18H18ClN5O. The van der Waals surface area contributed by atoms with Crippen molar-refractivity contribution in [1.29, 1.82) is 0 Å². The van der Waals surface area contributed by atoms with Crippen molar-refractivity contribution in [3.05, 3.63) is 65.2 Å². The minimum absolute atomic E-state index is 0.143. The molecule has 0 saturated heterocycles. The molecule has 0 aliphatic heterocycles. The lowest BCUT2D eigenvalue weighted by atomic mass is 10.1. The van der Waals surface area contributed by atoms with E-state index in [1.165, 1.54) is 10.4 Å². The normalized spacial score (nSPS) is 11.9. The molecule has 1 N–H and O–H groups in total. The summed E-state index contributed by atoms with van der Waals surface area (Å²) in [6.07, 6.45) is 0.778. The van der Waals surface area contributed by atoms with Crippen molar-refractivity contribution < 1.29 is 4.79 Å². The zero-order chi connectivity index (χ0) is 17.6. The Morgan fingerprint density at radius 1 is 1.16 bits per heavy atom. The first-order valence-corrected chi connectivity index (χ1v) is 8.38. The predicted octanol–water partition coefficient (Wildman–Crippen LogP) is 2.91. The van der Waals surface area contributed by atoms with Crippen LogP contribution in [0.25, 0.3) is 11.4 Å². The van der Waals surface area contributed by atoms with Crippen LogP contribution < -0.4 is 5.32 Å². The fraction of sp³-hybridized carbons (Fsp3) is 0.222. The summed E-state index contributed by atoms with van der Waals surface area (Å²) in [5.74, 6) is 0.316. The number of hydrogen-bond acceptors (Lipinski definition) is 4. The van der Waals surface area contributed by atoms with Crippen LogP contribution in [0.2, 0.25) is 5.02 Å². The molecule has 0 aliphatic carbocycles. The molecule has 1 heterocycles. The van der Waals surface area contributed by atoms with Crippen molar-refractivity contribution in [3.8, 4) is 11.4 Å². The monoisotopic (exact) mass is 355 g/mol. The summed E-state index contributed by atoms with van der Waals surface area (Å²) in [6.45, 7) is 2.30. The molecule has 7 heteroatoms. The van der Waals surface area contributed by atoms with Gasteiger partial charge in [-0.15, -0.1) is 10.2 Å². The minimum atomic E-state index is -0.538. The van der Waals surface area contributed by atoms with Gasteiger partial charge in [-0.1, -0.05) is 41.9 Å². The molecule has 3 aromatic rings. The first-order valence-electron chi connectivity index (χ1n) is 8.00. The fourth-order valence-electron chi connectivity index (χ4n) is 2.33. The molecule has 1 amide bonds. The maximum Gasteiger partial charge on any atom is 0.246 e. The Bertz CT molecular complexity index is 832. The number of nitrogens with zero attached hydrogens (tertiary/aromatic N) is 4. The molecule has 1 atom stereocenters. The number of hydrogen-bond donors (Lipinski definition) is 1. The lowest BCUT2D eigenvalue weighted by Gasteiger charge is -2.10. The van der Waals surface area contributed by atoms with Gasteiger partial charge in [-0.25, -0.2) is 0 Å². The summed E-state index contributed by atoms with van der Waals surface area (Å²) in [4.78, 5) is 13.6. The summed E-state index contributed by atoms with van der Waals surface area (Å²) in [5, 5.41) is 15.8. The molecule has 1 unspecified atom stereocenters. The standard InChI is InChI=1S/C18H18ClN5O/c1-13(18(25)20-12-11-14-5-3-2-4-6-14)24-22-17(21-23-24)15-7-9-16(19)10-8-15/h2-10,13H,11-12H2,1H3,(H,20,25). The van der Waals surface area contributed by atoms with Crippen molar-refractivity contribution in [2.75, 3.05) is 6.54 Å². The number of carbonyl (C=O) groups excluding carboxylic acids is 1. The van der Waals surface area contributed by atoms with Gasteiger partial charge >= 0.3 is 0 Å². The second-order valence-electron chi connectivity index (χ2n) is 5.64. The number of nitrogens with one attached hydrogen (secondary N) is 1. The number of amides is 1. The van der Waals surface area contributed by atoms with Crippen LogP contribution in [0.15, 0.2) is 54.6 Å². The van der Waals surface area contributed by atoms with Gasteiger partial charge in [0.15, 0.2) is 0 Å². The van der Waals surface area contributed by atoms with Crippen molar-refractivity contribution in [2.24, 2.45) is 0 Å². The van der Waals surface area contributed by atoms with E-state index in [1.54, 1.807) is 19.1 Å². The van der Waals surface area contributed by atoms with Crippen LogP contribution >= 0.6 is 11.6 Å². The second-order valence-corrected chi connectivity index (χ2v) is 6.08. The fourth-order valence-corrected chi connectivity index (χ4v) is 2.46. The molecular weight excluding hydrogens is 338 g/mol. The van der Waals surface area contributed by atoms with Crippen LogP contribution in [0.1, 0.15) is 18.5 Å². The van der Waals surface area contributed by atoms with E-state index in [4.69, 9.17) is 11.6 Å². The van der Waals surface area contributed by atoms with E-state index >= 15 is 0 Å². The number of tetrazole rings is 1. The Morgan fingerprint density at radius 3 is 2.60 bits per heavy atom. The van der Waals surface area contributed by atoms with Crippen molar-refractivity contribution in [1.82, 2.24) is 25.5 Å². The third kappa shape index (κ3) is 4.42. The van der Waals surface area contributed by atoms with Crippen LogP contribution in [-0.2, 0) is 11.2 Å². The molecule has 1 aromatic heterocycles. The number of benzene rings is 2. The molecule has 6 nitrogen and oxygen atoms in total. The number of carbonyl (C=O) groups is 1. The molecule has 0 aliphatic rings. The molecule has 0 fully saturated rings. The van der Waals surface area contributed by atoms with Gasteiger partial charge in [0.05, 0.1) is 0 Å². The highest BCUT2D eigenvalue weighted by Gasteiger charge is 2.18. The van der Waals surface area contributed by atoms with Gasteiger partial charge in [0.25, 0.3) is 0 Å². The van der Waals surface area contributed by atoms with E-state index in [0.29, 0.717) is 17.4 Å². The summed E-state index contributed by atoms with van der Waals surface area (Å²) in [6, 6.07) is 16.6. The van der Waals surface area contributed by atoms with Crippen LogP contribution in [0, 0.1) is 0 Å². The zero-order valence-electron chi connectivity index (χ0n) is 13.8. The minimum Gasteiger partial charge on any atom is -0.354 e. The molecule has 0 bridgehead atoms. The molecule has 3 rings (SSSR count). The molecule has 128 valence electrons. The van der Waals surface area contributed by atoms with Crippen molar-refractivity contribution >= 4 is 17.5 Å². The van der Waals surface area contributed by atoms with E-state index < -0.39 is 6.04 Å². The summed E-state index contributed by atoms with van der Waals surface area (Å²) >= 11 is 5.87. The quantitative estimate of drug-likeness (QED) is 0.738. The Balaban J connectivity index is 1.58. The average Bonchev–Trinajstić information content (AvgIpc) is 3.12. The van der Waals surface area contributed by atoms with Crippen LogP contribution in [-0.4, -0.2) is 32.7 Å². The highest BCUT2D eigenvalue weighted by molar-refractivity contribution is 6.30. The van der Waals surface area contributed by atoms with Crippen LogP contribution in [0.5, 0.6) is 0 Å². The predicted molar refractivity (Wildman–Crippen MR) is 96.1 cm³/mol. The van der Waals surface area contributed by atoms with Gasteiger partial charge in [0.2, 0.25) is 11.7 Å². The van der Waals surface area contributed by atoms with E-state index in [2.05, 4.69) is 20.7 Å². The van der Waals surface area contributed by atoms with Gasteiger partial charge < -0.3 is 5.32 Å². The van der Waals surface area contributed by atoms with Crippen LogP contribution in [0.3, 0.4) is 0 Å². The molecule has 0 spiro atoms. The van der Waals surface area contributed by atoms with Crippen molar-refractivity contribution in [2.45, 2.75) is 19.4 Å². The first kappa shape index (κ1) is 17.1. The van der Waals surface area contributed by atoms with Gasteiger partial charge in [-0.05, 0) is 48.4 Å². The van der Waals surface area contributed by atoms with Gasteiger partial charge in [0, 0.05) is 17.1 Å². The smallest absolute Gasteiger partial charge is 0.246 e. The maximum atomic E-state index is 12.3. The summed E-state index contributed by atoms with van der Waals surface area (Å²) in [5.41, 5.74) is 1.98. The number of halogens is 1. The molecule has 2 aromatic carbocycles. The largest absolute Gasteiger partial charge is 0.354 e. The zero-order valence-corrected chi connectivity index (χ0v) is 14.5. The Hall–Kier alpha value is -2.73. The first-order chi connectivity index (χ1) is 12.1. The molecule has 0 radical (unpaired) electrons. The van der Waals surface area contributed by atoms with Gasteiger partial charge in [0.1, 0.15) is 6.04 Å². The third-order valence-electron chi connectivity index (χ3n) is 3.81. The SMILES string of the molecule is CC(C(=O)NCCc1ccccc1)n1nnc(-c2ccc(Cl)cc2)n1. The molecule has 0 saturated carbocycles. The van der Waals surface area contributed by atoms with Gasteiger partial charge in [-0.3, -0.25) is 4.79 Å². The summed E-state index contributed by atoms with van der Waals surface area (Å²) in [7, 11) is 0. The highest BCUT2D eigenvalue weighted by Crippen LogP contribution is 2.17. The third-order valence-corrected chi connectivity index (χ3v) is 4.06. The maximum absolute atomic E-state index is 12.3. The highest BCUT2D eigenvalue weighted by atomic mass is 35.5. The van der Waals surface area contributed by atoms with E-state index in [-0.39, 0.29) is 5.91 Å². The van der Waals surface area contributed by atoms with Gasteiger partial charge in [-0.2, -0.15) is 4.80 Å². The Labute approximate surface area is 150 Å². The molecule has 25 heavy (non-hydrogen) atoms. The lowest BCUT2D eigenvalue weighted by molar-refractivity contribution is -0.124. The Kier molecular flexibility index (Phi) is 5.40.